The van der Waals surface area contributed by atoms with Gasteiger partial charge in [0.2, 0.25) is 0 Å². The first-order chi connectivity index (χ1) is 6.53. The van der Waals surface area contributed by atoms with E-state index in [2.05, 4.69) is 6.92 Å². The highest BCUT2D eigenvalue weighted by atomic mass is 32.2. The summed E-state index contributed by atoms with van der Waals surface area (Å²) in [5, 5.41) is 0.589. The smallest absolute Gasteiger partial charge is 0.272 e. The number of halogens is 2. The Balaban J connectivity index is 2.37. The second-order valence-corrected chi connectivity index (χ2v) is 5.35. The van der Waals surface area contributed by atoms with Crippen molar-refractivity contribution >= 4 is 11.8 Å². The molecule has 2 N–H and O–H groups in total. The number of thioether (sulfide) groups is 1. The fourth-order valence-corrected chi connectivity index (χ4v) is 2.53. The molecule has 1 fully saturated rings. The summed E-state index contributed by atoms with van der Waals surface area (Å²) in [6.07, 6.45) is 0.991. The van der Waals surface area contributed by atoms with Gasteiger partial charge in [-0.1, -0.05) is 6.92 Å². The van der Waals surface area contributed by atoms with Gasteiger partial charge in [-0.25, -0.2) is 8.78 Å². The van der Waals surface area contributed by atoms with Crippen LogP contribution in [0.4, 0.5) is 8.78 Å². The number of hydrogen-bond donors (Lipinski definition) is 1. The van der Waals surface area contributed by atoms with Crippen molar-refractivity contribution in [2.45, 2.75) is 24.5 Å². The number of nitrogens with two attached hydrogens (primary N) is 1. The first-order valence-corrected chi connectivity index (χ1v) is 6.00. The van der Waals surface area contributed by atoms with E-state index < -0.39 is 12.5 Å². The van der Waals surface area contributed by atoms with Crippen LogP contribution in [0.1, 0.15) is 13.3 Å². The molecule has 0 radical (unpaired) electrons. The van der Waals surface area contributed by atoms with E-state index in [1.54, 1.807) is 0 Å². The first-order valence-electron chi connectivity index (χ1n) is 4.95. The number of rotatable bonds is 3. The Bertz CT molecular complexity index is 178. The Morgan fingerprint density at radius 2 is 2.21 bits per heavy atom. The summed E-state index contributed by atoms with van der Waals surface area (Å²) in [5.41, 5.74) is 5.01. The van der Waals surface area contributed by atoms with E-state index in [4.69, 9.17) is 5.73 Å². The highest BCUT2D eigenvalue weighted by molar-refractivity contribution is 7.99. The summed E-state index contributed by atoms with van der Waals surface area (Å²) >= 11 is 1.86. The summed E-state index contributed by atoms with van der Waals surface area (Å²) in [7, 11) is 0. The van der Waals surface area contributed by atoms with E-state index in [-0.39, 0.29) is 6.54 Å². The third-order valence-electron chi connectivity index (χ3n) is 2.42. The van der Waals surface area contributed by atoms with E-state index in [1.165, 1.54) is 0 Å². The van der Waals surface area contributed by atoms with Gasteiger partial charge in [0.1, 0.15) is 0 Å². The molecule has 0 aromatic heterocycles. The van der Waals surface area contributed by atoms with Gasteiger partial charge in [0.25, 0.3) is 5.92 Å². The summed E-state index contributed by atoms with van der Waals surface area (Å²) in [6, 6.07) is 0. The van der Waals surface area contributed by atoms with Crippen molar-refractivity contribution in [3.63, 3.8) is 0 Å². The van der Waals surface area contributed by atoms with Gasteiger partial charge in [-0.05, 0) is 13.0 Å². The third-order valence-corrected chi connectivity index (χ3v) is 3.64. The lowest BCUT2D eigenvalue weighted by molar-refractivity contribution is -0.0219. The van der Waals surface area contributed by atoms with Crippen LogP contribution in [-0.4, -0.2) is 48.0 Å². The van der Waals surface area contributed by atoms with Crippen LogP contribution in [-0.2, 0) is 0 Å². The second-order valence-electron chi connectivity index (χ2n) is 3.81. The van der Waals surface area contributed by atoms with Crippen molar-refractivity contribution in [2.24, 2.45) is 5.73 Å². The van der Waals surface area contributed by atoms with E-state index in [9.17, 15) is 8.78 Å². The third kappa shape index (κ3) is 4.11. The van der Waals surface area contributed by atoms with Gasteiger partial charge in [-0.3, -0.25) is 4.90 Å². The maximum absolute atomic E-state index is 13.0. The second kappa shape index (κ2) is 5.28. The zero-order valence-electron chi connectivity index (χ0n) is 8.51. The molecule has 0 spiro atoms. The predicted octanol–water partition coefficient (Wildman–Crippen LogP) is 1.41. The summed E-state index contributed by atoms with van der Waals surface area (Å²) in [6.45, 7) is 2.94. The van der Waals surface area contributed by atoms with Gasteiger partial charge in [0.15, 0.2) is 0 Å². The summed E-state index contributed by atoms with van der Waals surface area (Å²) < 4.78 is 26.0. The average molecular weight is 224 g/mol. The van der Waals surface area contributed by atoms with E-state index >= 15 is 0 Å². The standard InChI is InChI=1S/C9H18F2N2S/c1-8-2-3-13(4-5-14-8)7-9(10,11)6-12/h8H,2-7,12H2,1H3. The van der Waals surface area contributed by atoms with Crippen LogP contribution in [0.15, 0.2) is 0 Å². The molecule has 14 heavy (non-hydrogen) atoms. The maximum atomic E-state index is 13.0. The minimum absolute atomic E-state index is 0.184. The zero-order chi connectivity index (χ0) is 10.6. The molecule has 1 rings (SSSR count). The highest BCUT2D eigenvalue weighted by Gasteiger charge is 2.30. The molecule has 2 nitrogen and oxygen atoms in total. The minimum atomic E-state index is -2.72. The van der Waals surface area contributed by atoms with Crippen molar-refractivity contribution in [3.05, 3.63) is 0 Å². The van der Waals surface area contributed by atoms with Gasteiger partial charge >= 0.3 is 0 Å². The predicted molar refractivity (Wildman–Crippen MR) is 57.0 cm³/mol. The monoisotopic (exact) mass is 224 g/mol. The first kappa shape index (κ1) is 12.2. The van der Waals surface area contributed by atoms with E-state index in [0.717, 1.165) is 25.3 Å². The number of hydrogen-bond acceptors (Lipinski definition) is 3. The number of alkyl halides is 2. The van der Waals surface area contributed by atoms with Crippen molar-refractivity contribution in [1.29, 1.82) is 0 Å². The van der Waals surface area contributed by atoms with E-state index in [0.29, 0.717) is 5.25 Å². The number of nitrogens with zero attached hydrogens (tertiary/aromatic N) is 1. The van der Waals surface area contributed by atoms with Crippen LogP contribution in [0.5, 0.6) is 0 Å². The van der Waals surface area contributed by atoms with Crippen molar-refractivity contribution in [1.82, 2.24) is 4.90 Å². The highest BCUT2D eigenvalue weighted by Crippen LogP contribution is 2.21. The Morgan fingerprint density at radius 3 is 2.86 bits per heavy atom. The van der Waals surface area contributed by atoms with Crippen LogP contribution in [0, 0.1) is 0 Å². The van der Waals surface area contributed by atoms with Gasteiger partial charge < -0.3 is 5.73 Å². The van der Waals surface area contributed by atoms with Crippen LogP contribution in [0.25, 0.3) is 0 Å². The molecular weight excluding hydrogens is 206 g/mol. The van der Waals surface area contributed by atoms with Crippen LogP contribution < -0.4 is 5.73 Å². The molecule has 1 atom stereocenters. The lowest BCUT2D eigenvalue weighted by atomic mass is 10.2. The molecule has 0 bridgehead atoms. The molecule has 1 saturated heterocycles. The van der Waals surface area contributed by atoms with E-state index in [1.807, 2.05) is 16.7 Å². The molecule has 1 unspecified atom stereocenters. The summed E-state index contributed by atoms with van der Waals surface area (Å²) in [5.74, 6) is -1.78. The largest absolute Gasteiger partial charge is 0.325 e. The topological polar surface area (TPSA) is 29.3 Å². The van der Waals surface area contributed by atoms with Gasteiger partial charge in [-0.15, -0.1) is 0 Å². The molecule has 0 aliphatic carbocycles. The summed E-state index contributed by atoms with van der Waals surface area (Å²) in [4.78, 5) is 1.82. The molecule has 84 valence electrons. The SMILES string of the molecule is CC1CCN(CC(F)(F)CN)CCS1. The molecular formula is C9H18F2N2S. The zero-order valence-corrected chi connectivity index (χ0v) is 9.33. The molecule has 0 saturated carbocycles. The van der Waals surface area contributed by atoms with Gasteiger partial charge in [0.05, 0.1) is 13.1 Å². The fraction of sp³-hybridized carbons (Fsp3) is 1.00. The maximum Gasteiger partial charge on any atom is 0.272 e. The van der Waals surface area contributed by atoms with Gasteiger partial charge in [-0.2, -0.15) is 11.8 Å². The van der Waals surface area contributed by atoms with Crippen molar-refractivity contribution in [3.8, 4) is 0 Å². The molecule has 0 aromatic carbocycles. The Kier molecular flexibility index (Phi) is 4.60. The van der Waals surface area contributed by atoms with Crippen molar-refractivity contribution in [2.75, 3.05) is 31.9 Å². The van der Waals surface area contributed by atoms with Gasteiger partial charge in [0, 0.05) is 17.5 Å². The molecule has 0 amide bonds. The quantitative estimate of drug-likeness (QED) is 0.786. The Labute approximate surface area is 88.2 Å². The Hall–Kier alpha value is 0.130. The molecule has 1 aliphatic rings. The lowest BCUT2D eigenvalue weighted by Gasteiger charge is -2.24. The Morgan fingerprint density at radius 1 is 1.50 bits per heavy atom. The molecule has 1 heterocycles. The van der Waals surface area contributed by atoms with Crippen LogP contribution in [0.2, 0.25) is 0 Å². The normalized spacial score (nSPS) is 26.1. The van der Waals surface area contributed by atoms with Crippen LogP contribution in [0.3, 0.4) is 0 Å². The molecule has 0 aromatic rings. The van der Waals surface area contributed by atoms with Crippen LogP contribution >= 0.6 is 11.8 Å². The minimum Gasteiger partial charge on any atom is -0.325 e. The average Bonchev–Trinajstić information content (AvgIpc) is 2.31. The molecule has 5 heteroatoms. The lowest BCUT2D eigenvalue weighted by Crippen LogP contribution is -2.42. The fourth-order valence-electron chi connectivity index (χ4n) is 1.49. The van der Waals surface area contributed by atoms with Crippen molar-refractivity contribution < 1.29 is 8.78 Å². The molecule has 1 aliphatic heterocycles.